The van der Waals surface area contributed by atoms with Gasteiger partial charge in [0.05, 0.1) is 0 Å². The number of nitrogens with zero attached hydrogens (tertiary/aromatic N) is 1. The molecule has 0 fully saturated rings. The molecule has 0 saturated heterocycles. The Bertz CT molecular complexity index is 613. The molecule has 6 heteroatoms. The van der Waals surface area contributed by atoms with Gasteiger partial charge in [0.25, 0.3) is 0 Å². The molecule has 0 radical (unpaired) electrons. The predicted octanol–water partition coefficient (Wildman–Crippen LogP) is 3.80. The molecule has 2 nitrogen and oxygen atoms in total. The van der Waals surface area contributed by atoms with Crippen molar-refractivity contribution < 1.29 is 18.3 Å². The van der Waals surface area contributed by atoms with E-state index in [0.29, 0.717) is 11.8 Å². The molecule has 112 valence electrons. The SMILES string of the molecule is OC(c1ccn(CC2Cc3ccccc3S2)c1)C(F)(F)F. The first-order chi connectivity index (χ1) is 9.93. The summed E-state index contributed by atoms with van der Waals surface area (Å²) in [4.78, 5) is 1.24. The number of aromatic nitrogens is 1. The Hall–Kier alpha value is -1.40. The van der Waals surface area contributed by atoms with E-state index in [-0.39, 0.29) is 5.56 Å². The second-order valence-corrected chi connectivity index (χ2v) is 6.48. The lowest BCUT2D eigenvalue weighted by Gasteiger charge is -2.13. The monoisotopic (exact) mass is 313 g/mol. The van der Waals surface area contributed by atoms with Gasteiger partial charge >= 0.3 is 6.18 Å². The van der Waals surface area contributed by atoms with E-state index in [1.807, 2.05) is 12.1 Å². The fourth-order valence-electron chi connectivity index (χ4n) is 2.51. The van der Waals surface area contributed by atoms with Crippen molar-refractivity contribution in [2.75, 3.05) is 0 Å². The first-order valence-electron chi connectivity index (χ1n) is 6.58. The summed E-state index contributed by atoms with van der Waals surface area (Å²) in [5.41, 5.74) is 1.18. The minimum absolute atomic E-state index is 0.108. The molecule has 0 spiro atoms. The fourth-order valence-corrected chi connectivity index (χ4v) is 3.84. The zero-order valence-electron chi connectivity index (χ0n) is 11.0. The third-order valence-corrected chi connectivity index (χ3v) is 4.83. The summed E-state index contributed by atoms with van der Waals surface area (Å²) in [5, 5.41) is 9.54. The van der Waals surface area contributed by atoms with E-state index in [1.54, 1.807) is 22.5 Å². The van der Waals surface area contributed by atoms with E-state index >= 15 is 0 Å². The van der Waals surface area contributed by atoms with Crippen LogP contribution in [0.5, 0.6) is 0 Å². The summed E-state index contributed by atoms with van der Waals surface area (Å²) in [7, 11) is 0. The fraction of sp³-hybridized carbons (Fsp3) is 0.333. The third-order valence-electron chi connectivity index (χ3n) is 3.53. The minimum atomic E-state index is -4.62. The molecule has 0 aliphatic carbocycles. The van der Waals surface area contributed by atoms with Crippen LogP contribution in [0.2, 0.25) is 0 Å². The zero-order valence-corrected chi connectivity index (χ0v) is 11.9. The molecule has 21 heavy (non-hydrogen) atoms. The van der Waals surface area contributed by atoms with Crippen LogP contribution >= 0.6 is 11.8 Å². The summed E-state index contributed by atoms with van der Waals surface area (Å²) in [5.74, 6) is 0. The van der Waals surface area contributed by atoms with E-state index in [2.05, 4.69) is 12.1 Å². The van der Waals surface area contributed by atoms with E-state index in [1.165, 1.54) is 22.7 Å². The molecule has 2 unspecified atom stereocenters. The third kappa shape index (κ3) is 3.11. The van der Waals surface area contributed by atoms with Crippen LogP contribution in [0, 0.1) is 0 Å². The minimum Gasteiger partial charge on any atom is -0.379 e. The lowest BCUT2D eigenvalue weighted by atomic mass is 10.1. The van der Waals surface area contributed by atoms with Gasteiger partial charge in [0.1, 0.15) is 0 Å². The standard InChI is InChI=1S/C15H14F3NOS/c16-15(17,18)14(20)11-5-6-19(8-11)9-12-7-10-3-1-2-4-13(10)21-12/h1-6,8,12,14,20H,7,9H2. The Kier molecular flexibility index (Phi) is 3.75. The normalized spacial score (nSPS) is 19.5. The summed E-state index contributed by atoms with van der Waals surface area (Å²) in [6, 6.07) is 9.45. The molecule has 1 aliphatic heterocycles. The topological polar surface area (TPSA) is 25.2 Å². The van der Waals surface area contributed by atoms with Gasteiger partial charge in [-0.15, -0.1) is 11.8 Å². The molecule has 0 saturated carbocycles. The molecule has 1 aliphatic rings. The van der Waals surface area contributed by atoms with Crippen molar-refractivity contribution in [3.63, 3.8) is 0 Å². The van der Waals surface area contributed by atoms with Gasteiger partial charge in [-0.25, -0.2) is 0 Å². The molecule has 3 rings (SSSR count). The molecule has 1 N–H and O–H groups in total. The summed E-state index contributed by atoms with van der Waals surface area (Å²) < 4.78 is 39.1. The van der Waals surface area contributed by atoms with Gasteiger partial charge in [0.15, 0.2) is 6.10 Å². The second kappa shape index (κ2) is 5.42. The van der Waals surface area contributed by atoms with Gasteiger partial charge in [-0.05, 0) is 24.1 Å². The maximum Gasteiger partial charge on any atom is 0.418 e. The maximum absolute atomic E-state index is 12.5. The Morgan fingerprint density at radius 3 is 2.76 bits per heavy atom. The molecule has 2 heterocycles. The first-order valence-corrected chi connectivity index (χ1v) is 7.46. The predicted molar refractivity (Wildman–Crippen MR) is 75.2 cm³/mol. The van der Waals surface area contributed by atoms with E-state index < -0.39 is 12.3 Å². The Balaban J connectivity index is 1.67. The number of halogens is 3. The van der Waals surface area contributed by atoms with E-state index in [0.717, 1.165) is 6.42 Å². The smallest absolute Gasteiger partial charge is 0.379 e. The lowest BCUT2D eigenvalue weighted by molar-refractivity contribution is -0.206. The van der Waals surface area contributed by atoms with Crippen molar-refractivity contribution in [2.45, 2.75) is 35.4 Å². The van der Waals surface area contributed by atoms with Crippen molar-refractivity contribution in [2.24, 2.45) is 0 Å². The van der Waals surface area contributed by atoms with Crippen molar-refractivity contribution in [1.82, 2.24) is 4.57 Å². The molecule has 2 atom stereocenters. The summed E-state index contributed by atoms with van der Waals surface area (Å²) >= 11 is 1.75. The van der Waals surface area contributed by atoms with Crippen LogP contribution in [-0.4, -0.2) is 21.1 Å². The van der Waals surface area contributed by atoms with Gasteiger partial charge in [-0.3, -0.25) is 0 Å². The zero-order chi connectivity index (χ0) is 15.0. The van der Waals surface area contributed by atoms with Crippen LogP contribution in [0.1, 0.15) is 17.2 Å². The largest absolute Gasteiger partial charge is 0.418 e. The molecule has 0 bridgehead atoms. The molecule has 2 aromatic rings. The second-order valence-electron chi connectivity index (χ2n) is 5.14. The average Bonchev–Trinajstić information content (AvgIpc) is 3.03. The lowest BCUT2D eigenvalue weighted by Crippen LogP contribution is -2.19. The Morgan fingerprint density at radius 2 is 2.05 bits per heavy atom. The number of fused-ring (bicyclic) bond motifs is 1. The van der Waals surface area contributed by atoms with Gasteiger partial charge < -0.3 is 9.67 Å². The van der Waals surface area contributed by atoms with Gasteiger partial charge in [-0.2, -0.15) is 13.2 Å². The van der Waals surface area contributed by atoms with Crippen LogP contribution < -0.4 is 0 Å². The van der Waals surface area contributed by atoms with Crippen molar-refractivity contribution in [1.29, 1.82) is 0 Å². The number of alkyl halides is 3. The molecule has 1 aromatic carbocycles. The number of rotatable bonds is 3. The number of aliphatic hydroxyl groups is 1. The summed E-state index contributed by atoms with van der Waals surface area (Å²) in [6.45, 7) is 0.629. The number of benzene rings is 1. The molecular weight excluding hydrogens is 299 g/mol. The summed E-state index contributed by atoms with van der Waals surface area (Å²) in [6.07, 6.45) is -3.15. The van der Waals surface area contributed by atoms with Crippen LogP contribution in [0.15, 0.2) is 47.6 Å². The Labute approximate surface area is 124 Å². The Morgan fingerprint density at radius 1 is 1.29 bits per heavy atom. The number of thioether (sulfide) groups is 1. The maximum atomic E-state index is 12.5. The molecular formula is C15H14F3NOS. The highest BCUT2D eigenvalue weighted by atomic mass is 32.2. The quantitative estimate of drug-likeness (QED) is 0.932. The molecule has 1 aromatic heterocycles. The van der Waals surface area contributed by atoms with Gasteiger partial charge in [0, 0.05) is 34.6 Å². The number of hydrogen-bond acceptors (Lipinski definition) is 2. The van der Waals surface area contributed by atoms with E-state index in [4.69, 9.17) is 0 Å². The highest BCUT2D eigenvalue weighted by Gasteiger charge is 2.39. The highest BCUT2D eigenvalue weighted by molar-refractivity contribution is 8.00. The van der Waals surface area contributed by atoms with Crippen LogP contribution in [0.4, 0.5) is 13.2 Å². The van der Waals surface area contributed by atoms with Crippen LogP contribution in [0.25, 0.3) is 0 Å². The highest BCUT2D eigenvalue weighted by Crippen LogP contribution is 2.38. The first kappa shape index (κ1) is 14.5. The van der Waals surface area contributed by atoms with E-state index in [9.17, 15) is 18.3 Å². The number of aliphatic hydroxyl groups excluding tert-OH is 1. The van der Waals surface area contributed by atoms with Gasteiger partial charge in [0.2, 0.25) is 0 Å². The van der Waals surface area contributed by atoms with Crippen molar-refractivity contribution >= 4 is 11.8 Å². The average molecular weight is 313 g/mol. The van der Waals surface area contributed by atoms with Crippen LogP contribution in [-0.2, 0) is 13.0 Å². The molecule has 0 amide bonds. The van der Waals surface area contributed by atoms with Crippen molar-refractivity contribution in [3.8, 4) is 0 Å². The van der Waals surface area contributed by atoms with Crippen molar-refractivity contribution in [3.05, 3.63) is 53.9 Å². The van der Waals surface area contributed by atoms with Gasteiger partial charge in [-0.1, -0.05) is 18.2 Å². The van der Waals surface area contributed by atoms with Crippen LogP contribution in [0.3, 0.4) is 0 Å². The number of hydrogen-bond donors (Lipinski definition) is 1.